The number of sulfonamides is 1. The average molecular weight is 391 g/mol. The van der Waals surface area contributed by atoms with Gasteiger partial charge in [0.25, 0.3) is 0 Å². The normalized spacial score (nSPS) is 12.8. The van der Waals surface area contributed by atoms with E-state index in [1.165, 1.54) is 6.08 Å². The van der Waals surface area contributed by atoms with Crippen LogP contribution in [0.4, 0.5) is 13.2 Å². The van der Waals surface area contributed by atoms with Crippen molar-refractivity contribution in [3.63, 3.8) is 0 Å². The lowest BCUT2D eigenvalue weighted by atomic mass is 10.1. The van der Waals surface area contributed by atoms with E-state index in [2.05, 4.69) is 0 Å². The molecule has 0 atom stereocenters. The van der Waals surface area contributed by atoms with E-state index in [9.17, 15) is 26.4 Å². The number of benzene rings is 1. The molecule has 146 valence electrons. The van der Waals surface area contributed by atoms with Crippen LogP contribution in [0.25, 0.3) is 0 Å². The van der Waals surface area contributed by atoms with Gasteiger partial charge in [-0.05, 0) is 18.4 Å². The summed E-state index contributed by atoms with van der Waals surface area (Å²) in [6.45, 7) is 1.21. The molecule has 8 heteroatoms. The first-order chi connectivity index (χ1) is 12.2. The third-order valence-corrected chi connectivity index (χ3v) is 5.25. The highest BCUT2D eigenvalue weighted by Crippen LogP contribution is 2.28. The van der Waals surface area contributed by atoms with Gasteiger partial charge in [-0.2, -0.15) is 17.5 Å². The molecule has 0 aromatic heterocycles. The molecule has 1 aromatic carbocycles. The fraction of sp³-hybridized carbons (Fsp3) is 0.500. The molecule has 0 bridgehead atoms. The SMILES string of the molecule is CCCCC(=O)CC/C=C/CN(Cc1ccccc1)S(=O)(=O)C(F)(F)F. The summed E-state index contributed by atoms with van der Waals surface area (Å²) in [4.78, 5) is 11.5. The Balaban J connectivity index is 2.71. The van der Waals surface area contributed by atoms with Crippen LogP contribution < -0.4 is 0 Å². The number of rotatable bonds is 11. The summed E-state index contributed by atoms with van der Waals surface area (Å²) in [5.74, 6) is 0.0977. The van der Waals surface area contributed by atoms with Gasteiger partial charge in [-0.3, -0.25) is 4.79 Å². The van der Waals surface area contributed by atoms with Crippen molar-refractivity contribution in [3.05, 3.63) is 48.0 Å². The van der Waals surface area contributed by atoms with Crippen molar-refractivity contribution in [3.8, 4) is 0 Å². The first kappa shape index (κ1) is 22.4. The number of nitrogens with zero attached hydrogens (tertiary/aromatic N) is 1. The third kappa shape index (κ3) is 7.29. The molecule has 0 aliphatic heterocycles. The molecule has 0 radical (unpaired) electrons. The van der Waals surface area contributed by atoms with Gasteiger partial charge in [-0.25, -0.2) is 8.42 Å². The number of hydrogen-bond donors (Lipinski definition) is 0. The largest absolute Gasteiger partial charge is 0.511 e. The Morgan fingerprint density at radius 2 is 1.77 bits per heavy atom. The molecule has 0 fully saturated rings. The summed E-state index contributed by atoms with van der Waals surface area (Å²) in [6, 6.07) is 8.09. The molecule has 4 nitrogen and oxygen atoms in total. The van der Waals surface area contributed by atoms with Crippen molar-refractivity contribution in [2.24, 2.45) is 0 Å². The number of hydrogen-bond acceptors (Lipinski definition) is 3. The topological polar surface area (TPSA) is 54.5 Å². The monoisotopic (exact) mass is 391 g/mol. The van der Waals surface area contributed by atoms with Crippen molar-refractivity contribution in [1.82, 2.24) is 4.31 Å². The van der Waals surface area contributed by atoms with E-state index in [1.54, 1.807) is 36.4 Å². The molecule has 0 spiro atoms. The van der Waals surface area contributed by atoms with Crippen LogP contribution in [0.1, 0.15) is 44.6 Å². The number of unbranched alkanes of at least 4 members (excludes halogenated alkanes) is 1. The lowest BCUT2D eigenvalue weighted by Gasteiger charge is -2.22. The van der Waals surface area contributed by atoms with Gasteiger partial charge in [0, 0.05) is 25.9 Å². The van der Waals surface area contributed by atoms with Crippen molar-refractivity contribution < 1.29 is 26.4 Å². The fourth-order valence-corrected chi connectivity index (χ4v) is 3.13. The smallest absolute Gasteiger partial charge is 0.300 e. The average Bonchev–Trinajstić information content (AvgIpc) is 2.58. The Labute approximate surface area is 152 Å². The molecular formula is C18H24F3NO3S. The summed E-state index contributed by atoms with van der Waals surface area (Å²) in [7, 11) is -5.44. The zero-order valence-electron chi connectivity index (χ0n) is 14.7. The standard InChI is InChI=1S/C18H24F3NO3S/c1-2-3-12-17(23)13-8-5-9-14-22(26(24,25)18(19,20)21)15-16-10-6-4-7-11-16/h4-7,9-11H,2-3,8,12-15H2,1H3/b9-5+. The Kier molecular flexibility index (Phi) is 9.01. The van der Waals surface area contributed by atoms with Crippen LogP contribution in [-0.4, -0.2) is 30.6 Å². The van der Waals surface area contributed by atoms with E-state index in [-0.39, 0.29) is 12.3 Å². The minimum absolute atomic E-state index is 0.0977. The van der Waals surface area contributed by atoms with Gasteiger partial charge >= 0.3 is 15.5 Å². The molecule has 0 aliphatic carbocycles. The van der Waals surface area contributed by atoms with E-state index >= 15 is 0 Å². The number of carbonyl (C=O) groups excluding carboxylic acids is 1. The Morgan fingerprint density at radius 3 is 2.35 bits per heavy atom. The Morgan fingerprint density at radius 1 is 1.12 bits per heavy atom. The number of carbonyl (C=O) groups is 1. The third-order valence-electron chi connectivity index (χ3n) is 3.71. The van der Waals surface area contributed by atoms with Crippen molar-refractivity contribution in [1.29, 1.82) is 0 Å². The molecule has 26 heavy (non-hydrogen) atoms. The zero-order chi connectivity index (χ0) is 19.6. The molecule has 0 heterocycles. The minimum Gasteiger partial charge on any atom is -0.300 e. The van der Waals surface area contributed by atoms with Gasteiger partial charge < -0.3 is 0 Å². The maximum absolute atomic E-state index is 12.9. The summed E-state index contributed by atoms with van der Waals surface area (Å²) in [5.41, 5.74) is -4.89. The number of allylic oxidation sites excluding steroid dienone is 1. The van der Waals surface area contributed by atoms with Crippen LogP contribution in [0.5, 0.6) is 0 Å². The molecule has 1 rings (SSSR count). The Bertz CT molecular complexity index is 685. The number of Topliss-reactive ketones (excluding diaryl/α,β-unsaturated/α-hetero) is 1. The molecule has 0 N–H and O–H groups in total. The van der Waals surface area contributed by atoms with Crippen LogP contribution in [0.15, 0.2) is 42.5 Å². The fourth-order valence-electron chi connectivity index (χ4n) is 2.23. The van der Waals surface area contributed by atoms with Crippen molar-refractivity contribution in [2.75, 3.05) is 6.54 Å². The molecule has 1 aromatic rings. The van der Waals surface area contributed by atoms with E-state index < -0.39 is 22.1 Å². The molecule has 0 saturated heterocycles. The maximum atomic E-state index is 12.9. The van der Waals surface area contributed by atoms with E-state index in [0.29, 0.717) is 29.1 Å². The molecule has 0 aliphatic rings. The first-order valence-corrected chi connectivity index (χ1v) is 9.89. The number of alkyl halides is 3. The van der Waals surface area contributed by atoms with Crippen LogP contribution in [0.2, 0.25) is 0 Å². The molecule has 0 saturated carbocycles. The Hall–Kier alpha value is -1.67. The van der Waals surface area contributed by atoms with Crippen molar-refractivity contribution in [2.45, 2.75) is 51.1 Å². The predicted molar refractivity (Wildman–Crippen MR) is 94.7 cm³/mol. The zero-order valence-corrected chi connectivity index (χ0v) is 15.5. The van der Waals surface area contributed by atoms with E-state index in [1.807, 2.05) is 6.92 Å². The van der Waals surface area contributed by atoms with E-state index in [0.717, 1.165) is 12.8 Å². The van der Waals surface area contributed by atoms with Gasteiger partial charge in [-0.15, -0.1) is 0 Å². The number of ketones is 1. The molecule has 0 amide bonds. The van der Waals surface area contributed by atoms with E-state index in [4.69, 9.17) is 0 Å². The summed E-state index contributed by atoms with van der Waals surface area (Å²) in [6.07, 6.45) is 5.83. The number of halogens is 3. The highest BCUT2D eigenvalue weighted by molar-refractivity contribution is 7.89. The minimum atomic E-state index is -5.44. The van der Waals surface area contributed by atoms with Crippen LogP contribution >= 0.6 is 0 Å². The van der Waals surface area contributed by atoms with Crippen molar-refractivity contribution >= 4 is 15.8 Å². The lowest BCUT2D eigenvalue weighted by Crippen LogP contribution is -2.40. The molecular weight excluding hydrogens is 367 g/mol. The quantitative estimate of drug-likeness (QED) is 0.524. The predicted octanol–water partition coefficient (Wildman–Crippen LogP) is 4.43. The van der Waals surface area contributed by atoms with Crippen LogP contribution in [0, 0.1) is 0 Å². The molecule has 0 unspecified atom stereocenters. The summed E-state index contributed by atoms with van der Waals surface area (Å²) < 4.78 is 62.6. The van der Waals surface area contributed by atoms with Crippen LogP contribution in [0.3, 0.4) is 0 Å². The van der Waals surface area contributed by atoms with Gasteiger partial charge in [0.1, 0.15) is 5.78 Å². The van der Waals surface area contributed by atoms with Crippen LogP contribution in [-0.2, 0) is 21.4 Å². The lowest BCUT2D eigenvalue weighted by molar-refractivity contribution is -0.119. The second-order valence-electron chi connectivity index (χ2n) is 5.88. The first-order valence-electron chi connectivity index (χ1n) is 8.45. The second kappa shape index (κ2) is 10.5. The van der Waals surface area contributed by atoms with Gasteiger partial charge in [0.15, 0.2) is 0 Å². The van der Waals surface area contributed by atoms with Gasteiger partial charge in [0.05, 0.1) is 0 Å². The van der Waals surface area contributed by atoms with Gasteiger partial charge in [0.2, 0.25) is 0 Å². The maximum Gasteiger partial charge on any atom is 0.511 e. The highest BCUT2D eigenvalue weighted by atomic mass is 32.2. The second-order valence-corrected chi connectivity index (χ2v) is 7.81. The summed E-state index contributed by atoms with van der Waals surface area (Å²) >= 11 is 0. The highest BCUT2D eigenvalue weighted by Gasteiger charge is 2.49. The summed E-state index contributed by atoms with van der Waals surface area (Å²) in [5, 5.41) is 0. The van der Waals surface area contributed by atoms with Gasteiger partial charge in [-0.1, -0.05) is 55.8 Å².